The zero-order valence-electron chi connectivity index (χ0n) is 11.6. The van der Waals surface area contributed by atoms with Gasteiger partial charge in [0, 0.05) is 24.7 Å². The average molecular weight is 343 g/mol. The molecule has 0 aliphatic heterocycles. The van der Waals surface area contributed by atoms with Gasteiger partial charge in [-0.1, -0.05) is 13.8 Å². The fourth-order valence-corrected chi connectivity index (χ4v) is 2.10. The van der Waals surface area contributed by atoms with Gasteiger partial charge in [0.15, 0.2) is 0 Å². The molecule has 0 unspecified atom stereocenters. The minimum absolute atomic E-state index is 0.107. The summed E-state index contributed by atoms with van der Waals surface area (Å²) < 4.78 is 0.618. The van der Waals surface area contributed by atoms with Gasteiger partial charge in [0.2, 0.25) is 0 Å². The Morgan fingerprint density at radius 1 is 1.40 bits per heavy atom. The highest BCUT2D eigenvalue weighted by molar-refractivity contribution is 9.10. The molecule has 20 heavy (non-hydrogen) atoms. The van der Waals surface area contributed by atoms with Crippen molar-refractivity contribution in [2.24, 2.45) is 5.41 Å². The number of hydrogen-bond donors (Lipinski definition) is 2. The number of amides is 1. The Bertz CT molecular complexity index is 489. The number of carboxylic acids is 1. The summed E-state index contributed by atoms with van der Waals surface area (Å²) in [6, 6.07) is 3.31. The zero-order valence-corrected chi connectivity index (χ0v) is 13.2. The Hall–Kier alpha value is -1.43. The first-order valence-electron chi connectivity index (χ1n) is 6.42. The largest absolute Gasteiger partial charge is 0.481 e. The number of carbonyl (C=O) groups is 2. The fourth-order valence-electron chi connectivity index (χ4n) is 1.73. The molecular formula is C14H19BrN2O3. The van der Waals surface area contributed by atoms with Crippen LogP contribution in [0.15, 0.2) is 22.9 Å². The summed E-state index contributed by atoms with van der Waals surface area (Å²) >= 11 is 3.22. The fraction of sp³-hybridized carbons (Fsp3) is 0.500. The lowest BCUT2D eigenvalue weighted by molar-refractivity contribution is -0.137. The highest BCUT2D eigenvalue weighted by Crippen LogP contribution is 2.26. The molecule has 0 saturated carbocycles. The van der Waals surface area contributed by atoms with Gasteiger partial charge in [-0.3, -0.25) is 9.59 Å². The highest BCUT2D eigenvalue weighted by atomic mass is 79.9. The number of nitrogens with one attached hydrogen (secondary N) is 1. The van der Waals surface area contributed by atoms with E-state index in [0.29, 0.717) is 23.1 Å². The van der Waals surface area contributed by atoms with E-state index in [1.54, 1.807) is 18.3 Å². The monoisotopic (exact) mass is 342 g/mol. The van der Waals surface area contributed by atoms with Gasteiger partial charge >= 0.3 is 5.97 Å². The number of carboxylic acid groups (broad SMARTS) is 1. The number of aromatic nitrogens is 1. The summed E-state index contributed by atoms with van der Waals surface area (Å²) in [4.78, 5) is 26.4. The SMILES string of the molecule is CC(C)(CCNC(=O)c1ccnc(Br)c1)CCC(=O)O. The van der Waals surface area contributed by atoms with E-state index in [1.807, 2.05) is 13.8 Å². The number of hydrogen-bond acceptors (Lipinski definition) is 3. The Kier molecular flexibility index (Phi) is 6.13. The van der Waals surface area contributed by atoms with Crippen molar-refractivity contribution in [3.8, 4) is 0 Å². The van der Waals surface area contributed by atoms with Crippen LogP contribution in [0.3, 0.4) is 0 Å². The zero-order chi connectivity index (χ0) is 15.2. The second-order valence-corrected chi connectivity index (χ2v) is 6.24. The maximum absolute atomic E-state index is 11.9. The van der Waals surface area contributed by atoms with Gasteiger partial charge < -0.3 is 10.4 Å². The van der Waals surface area contributed by atoms with Crippen molar-refractivity contribution in [3.05, 3.63) is 28.5 Å². The van der Waals surface area contributed by atoms with Crippen LogP contribution in [0.5, 0.6) is 0 Å². The van der Waals surface area contributed by atoms with Crippen LogP contribution >= 0.6 is 15.9 Å². The number of nitrogens with zero attached hydrogens (tertiary/aromatic N) is 1. The molecule has 0 fully saturated rings. The maximum atomic E-state index is 11.9. The lowest BCUT2D eigenvalue weighted by Crippen LogP contribution is -2.28. The highest BCUT2D eigenvalue weighted by Gasteiger charge is 2.19. The molecule has 0 aliphatic carbocycles. The molecule has 110 valence electrons. The minimum Gasteiger partial charge on any atom is -0.481 e. The third-order valence-electron chi connectivity index (χ3n) is 3.09. The molecule has 1 aromatic rings. The van der Waals surface area contributed by atoms with E-state index in [1.165, 1.54) is 0 Å². The molecule has 5 nitrogen and oxygen atoms in total. The third-order valence-corrected chi connectivity index (χ3v) is 3.53. The van der Waals surface area contributed by atoms with E-state index in [2.05, 4.69) is 26.2 Å². The van der Waals surface area contributed by atoms with Crippen molar-refractivity contribution in [2.75, 3.05) is 6.54 Å². The Labute approximate surface area is 126 Å². The van der Waals surface area contributed by atoms with E-state index < -0.39 is 5.97 Å². The molecule has 0 radical (unpaired) electrons. The molecule has 1 heterocycles. The van der Waals surface area contributed by atoms with Gasteiger partial charge in [-0.2, -0.15) is 0 Å². The Balaban J connectivity index is 2.40. The maximum Gasteiger partial charge on any atom is 0.303 e. The lowest BCUT2D eigenvalue weighted by Gasteiger charge is -2.23. The first kappa shape index (κ1) is 16.6. The van der Waals surface area contributed by atoms with E-state index >= 15 is 0 Å². The van der Waals surface area contributed by atoms with Crippen LogP contribution in [-0.2, 0) is 4.79 Å². The van der Waals surface area contributed by atoms with Gasteiger partial charge in [-0.05, 0) is 46.3 Å². The Morgan fingerprint density at radius 3 is 2.70 bits per heavy atom. The average Bonchev–Trinajstić information content (AvgIpc) is 2.36. The van der Waals surface area contributed by atoms with Crippen molar-refractivity contribution in [3.63, 3.8) is 0 Å². The van der Waals surface area contributed by atoms with Crippen LogP contribution in [0.1, 0.15) is 43.5 Å². The molecule has 0 aromatic carbocycles. The van der Waals surface area contributed by atoms with Crippen LogP contribution in [-0.4, -0.2) is 28.5 Å². The molecule has 6 heteroatoms. The van der Waals surface area contributed by atoms with Gasteiger partial charge in [0.25, 0.3) is 5.91 Å². The molecule has 1 amide bonds. The standard InChI is InChI=1S/C14H19BrN2O3/c1-14(2,5-3-12(18)19)6-8-17-13(20)10-4-7-16-11(15)9-10/h4,7,9H,3,5-6,8H2,1-2H3,(H,17,20)(H,18,19). The molecular weight excluding hydrogens is 324 g/mol. The van der Waals surface area contributed by atoms with Crippen molar-refractivity contribution >= 4 is 27.8 Å². The van der Waals surface area contributed by atoms with Crippen LogP contribution in [0.2, 0.25) is 0 Å². The van der Waals surface area contributed by atoms with Gasteiger partial charge in [0.05, 0.1) is 0 Å². The number of carbonyl (C=O) groups excluding carboxylic acids is 1. The molecule has 0 saturated heterocycles. The number of rotatable bonds is 7. The van der Waals surface area contributed by atoms with Crippen LogP contribution in [0, 0.1) is 5.41 Å². The number of halogens is 1. The smallest absolute Gasteiger partial charge is 0.303 e. The molecule has 0 bridgehead atoms. The van der Waals surface area contributed by atoms with E-state index in [0.717, 1.165) is 6.42 Å². The van der Waals surface area contributed by atoms with Crippen molar-refractivity contribution < 1.29 is 14.7 Å². The third kappa shape index (κ3) is 6.14. The number of pyridine rings is 1. The van der Waals surface area contributed by atoms with E-state index in [-0.39, 0.29) is 17.7 Å². The second kappa shape index (κ2) is 7.38. The summed E-state index contributed by atoms with van der Waals surface area (Å²) in [5.41, 5.74) is 0.444. The van der Waals surface area contributed by atoms with Gasteiger partial charge in [-0.15, -0.1) is 0 Å². The number of aliphatic carboxylic acids is 1. The lowest BCUT2D eigenvalue weighted by atomic mass is 9.84. The van der Waals surface area contributed by atoms with Crippen LogP contribution in [0.4, 0.5) is 0 Å². The normalized spacial score (nSPS) is 11.2. The van der Waals surface area contributed by atoms with Crippen molar-refractivity contribution in [1.29, 1.82) is 0 Å². The summed E-state index contributed by atoms with van der Waals surface area (Å²) in [6.45, 7) is 4.53. The topological polar surface area (TPSA) is 79.3 Å². The predicted octanol–water partition coefficient (Wildman–Crippen LogP) is 2.86. The van der Waals surface area contributed by atoms with Crippen molar-refractivity contribution in [1.82, 2.24) is 10.3 Å². The molecule has 0 atom stereocenters. The summed E-state index contributed by atoms with van der Waals surface area (Å²) in [5, 5.41) is 11.5. The molecule has 0 aliphatic rings. The summed E-state index contributed by atoms with van der Waals surface area (Å²) in [7, 11) is 0. The summed E-state index contributed by atoms with van der Waals surface area (Å²) in [5.74, 6) is -0.939. The molecule has 0 spiro atoms. The van der Waals surface area contributed by atoms with E-state index in [9.17, 15) is 9.59 Å². The quantitative estimate of drug-likeness (QED) is 0.746. The first-order valence-corrected chi connectivity index (χ1v) is 7.21. The molecule has 1 rings (SSSR count). The summed E-state index contributed by atoms with van der Waals surface area (Å²) in [6.07, 6.45) is 3.05. The second-order valence-electron chi connectivity index (χ2n) is 5.43. The van der Waals surface area contributed by atoms with Gasteiger partial charge in [-0.25, -0.2) is 4.98 Å². The molecule has 1 aromatic heterocycles. The minimum atomic E-state index is -0.788. The van der Waals surface area contributed by atoms with E-state index in [4.69, 9.17) is 5.11 Å². The first-order chi connectivity index (χ1) is 9.30. The van der Waals surface area contributed by atoms with Crippen LogP contribution < -0.4 is 5.32 Å². The van der Waals surface area contributed by atoms with Crippen molar-refractivity contribution in [2.45, 2.75) is 33.1 Å². The molecule has 2 N–H and O–H groups in total. The van der Waals surface area contributed by atoms with Crippen LogP contribution in [0.25, 0.3) is 0 Å². The predicted molar refractivity (Wildman–Crippen MR) is 79.5 cm³/mol. The Morgan fingerprint density at radius 2 is 2.10 bits per heavy atom. The van der Waals surface area contributed by atoms with Gasteiger partial charge in [0.1, 0.15) is 4.60 Å².